The van der Waals surface area contributed by atoms with E-state index in [2.05, 4.69) is 4.99 Å². The molecule has 0 spiro atoms. The van der Waals surface area contributed by atoms with Crippen molar-refractivity contribution in [2.45, 2.75) is 23.2 Å². The number of aliphatic imine (C=N–C) groups is 1. The first-order valence-electron chi connectivity index (χ1n) is 5.21. The van der Waals surface area contributed by atoms with Crippen LogP contribution < -0.4 is 0 Å². The highest BCUT2D eigenvalue weighted by Gasteiger charge is 2.44. The number of carbonyl (C=O) groups is 1. The van der Waals surface area contributed by atoms with Gasteiger partial charge in [-0.2, -0.15) is 4.99 Å². The largest absolute Gasteiger partial charge is 0.437 e. The molecule has 0 aliphatic carbocycles. The van der Waals surface area contributed by atoms with E-state index < -0.39 is 15.5 Å². The molecule has 0 fully saturated rings. The van der Waals surface area contributed by atoms with Crippen molar-refractivity contribution in [1.29, 1.82) is 0 Å². The number of benzene rings is 1. The van der Waals surface area contributed by atoms with E-state index in [1.807, 2.05) is 0 Å². The lowest BCUT2D eigenvalue weighted by Crippen LogP contribution is -2.40. The first kappa shape index (κ1) is 16.6. The molecule has 0 radical (unpaired) electrons. The maximum Gasteiger partial charge on any atom is 0.434 e. The SMILES string of the molecule is CC(C)(OC(=O)/N=C\c1ccc(Cl)cc1)C(Cl)(Cl)Cl. The Bertz CT molecular complexity index is 477. The van der Waals surface area contributed by atoms with Crippen LogP contribution in [0.15, 0.2) is 29.3 Å². The lowest BCUT2D eigenvalue weighted by atomic mass is 10.2. The summed E-state index contributed by atoms with van der Waals surface area (Å²) in [4.78, 5) is 15.1. The van der Waals surface area contributed by atoms with Gasteiger partial charge in [0.1, 0.15) is 0 Å². The van der Waals surface area contributed by atoms with E-state index in [9.17, 15) is 4.79 Å². The summed E-state index contributed by atoms with van der Waals surface area (Å²) >= 11 is 22.8. The molecule has 104 valence electrons. The van der Waals surface area contributed by atoms with Gasteiger partial charge in [-0.25, -0.2) is 4.79 Å². The summed E-state index contributed by atoms with van der Waals surface area (Å²) < 4.78 is 3.25. The summed E-state index contributed by atoms with van der Waals surface area (Å²) in [5, 5.41) is 0.595. The first-order valence-corrected chi connectivity index (χ1v) is 6.72. The number of halogens is 4. The number of nitrogens with zero attached hydrogens (tertiary/aromatic N) is 1. The zero-order valence-electron chi connectivity index (χ0n) is 10.2. The van der Waals surface area contributed by atoms with Crippen LogP contribution in [0, 0.1) is 0 Å². The van der Waals surface area contributed by atoms with Gasteiger partial charge in [0, 0.05) is 11.2 Å². The van der Waals surface area contributed by atoms with Crippen LogP contribution in [0.5, 0.6) is 0 Å². The maximum atomic E-state index is 11.5. The van der Waals surface area contributed by atoms with Gasteiger partial charge in [-0.3, -0.25) is 0 Å². The molecular weight excluding hydrogens is 332 g/mol. The third kappa shape index (κ3) is 5.19. The summed E-state index contributed by atoms with van der Waals surface area (Å²) in [6.07, 6.45) is 0.499. The second-order valence-electron chi connectivity index (χ2n) is 4.19. The molecule has 0 saturated heterocycles. The molecule has 1 rings (SSSR count). The minimum atomic E-state index is -1.74. The Balaban J connectivity index is 2.68. The van der Waals surface area contributed by atoms with Gasteiger partial charge in [0.25, 0.3) is 0 Å². The van der Waals surface area contributed by atoms with Gasteiger partial charge in [-0.05, 0) is 31.5 Å². The van der Waals surface area contributed by atoms with Crippen molar-refractivity contribution in [3.63, 3.8) is 0 Å². The molecule has 0 atom stereocenters. The average molecular weight is 343 g/mol. The van der Waals surface area contributed by atoms with Gasteiger partial charge in [-0.15, -0.1) is 0 Å². The number of alkyl halides is 3. The predicted molar refractivity (Wildman–Crippen MR) is 79.9 cm³/mol. The number of amides is 1. The van der Waals surface area contributed by atoms with Crippen molar-refractivity contribution >= 4 is 58.7 Å². The van der Waals surface area contributed by atoms with Crippen LogP contribution in [-0.4, -0.2) is 21.7 Å². The third-order valence-electron chi connectivity index (χ3n) is 2.21. The summed E-state index contributed by atoms with van der Waals surface area (Å²) in [6, 6.07) is 6.78. The quantitative estimate of drug-likeness (QED) is 0.557. The molecule has 0 unspecified atom stereocenters. The third-order valence-corrected chi connectivity index (χ3v) is 3.83. The fourth-order valence-corrected chi connectivity index (χ4v) is 1.22. The minimum Gasteiger partial charge on any atom is -0.437 e. The van der Waals surface area contributed by atoms with Gasteiger partial charge in [-0.1, -0.05) is 58.5 Å². The van der Waals surface area contributed by atoms with Gasteiger partial charge in [0.2, 0.25) is 3.79 Å². The van der Waals surface area contributed by atoms with E-state index in [4.69, 9.17) is 51.1 Å². The Hall–Kier alpha value is -0.480. The first-order chi connectivity index (χ1) is 8.62. The van der Waals surface area contributed by atoms with E-state index >= 15 is 0 Å². The van der Waals surface area contributed by atoms with Crippen LogP contribution in [0.1, 0.15) is 19.4 Å². The lowest BCUT2D eigenvalue weighted by molar-refractivity contribution is 0.0490. The maximum absolute atomic E-state index is 11.5. The van der Waals surface area contributed by atoms with Crippen LogP contribution in [0.4, 0.5) is 4.79 Å². The molecule has 3 nitrogen and oxygen atoms in total. The van der Waals surface area contributed by atoms with Crippen LogP contribution in [0.2, 0.25) is 5.02 Å². The monoisotopic (exact) mass is 341 g/mol. The fourth-order valence-electron chi connectivity index (χ4n) is 0.979. The second-order valence-corrected chi connectivity index (χ2v) is 6.90. The van der Waals surface area contributed by atoms with Crippen LogP contribution in [0.25, 0.3) is 0 Å². The molecule has 0 aliphatic rings. The predicted octanol–water partition coefficient (Wildman–Crippen LogP) is 5.04. The Kier molecular flexibility index (Phi) is 5.51. The smallest absolute Gasteiger partial charge is 0.434 e. The zero-order chi connectivity index (χ0) is 14.7. The summed E-state index contributed by atoms with van der Waals surface area (Å²) in [5.74, 6) is 0. The van der Waals surface area contributed by atoms with Gasteiger partial charge < -0.3 is 4.74 Å². The fraction of sp³-hybridized carbons (Fsp3) is 0.333. The van der Waals surface area contributed by atoms with E-state index in [0.717, 1.165) is 0 Å². The topological polar surface area (TPSA) is 38.7 Å². The van der Waals surface area contributed by atoms with Crippen LogP contribution in [0.3, 0.4) is 0 Å². The van der Waals surface area contributed by atoms with Crippen LogP contribution >= 0.6 is 46.4 Å². The van der Waals surface area contributed by atoms with Gasteiger partial charge in [0.15, 0.2) is 5.60 Å². The molecule has 1 aromatic rings. The van der Waals surface area contributed by atoms with E-state index in [-0.39, 0.29) is 0 Å². The average Bonchev–Trinajstić information content (AvgIpc) is 2.26. The molecule has 0 aliphatic heterocycles. The number of ether oxygens (including phenoxy) is 1. The number of rotatable bonds is 2. The Morgan fingerprint density at radius 1 is 1.21 bits per heavy atom. The number of carbonyl (C=O) groups excluding carboxylic acids is 1. The molecule has 1 amide bonds. The normalized spacial score (nSPS) is 12.7. The Morgan fingerprint density at radius 3 is 2.21 bits per heavy atom. The number of hydrogen-bond acceptors (Lipinski definition) is 2. The van der Waals surface area contributed by atoms with Gasteiger partial charge >= 0.3 is 6.09 Å². The molecule has 0 N–H and O–H groups in total. The van der Waals surface area contributed by atoms with Gasteiger partial charge in [0.05, 0.1) is 0 Å². The van der Waals surface area contributed by atoms with E-state index in [1.54, 1.807) is 24.3 Å². The van der Waals surface area contributed by atoms with Crippen molar-refractivity contribution in [3.05, 3.63) is 34.9 Å². The summed E-state index contributed by atoms with van der Waals surface area (Å²) in [6.45, 7) is 2.96. The van der Waals surface area contributed by atoms with Crippen molar-refractivity contribution in [3.8, 4) is 0 Å². The highest BCUT2D eigenvalue weighted by Crippen LogP contribution is 2.40. The summed E-state index contributed by atoms with van der Waals surface area (Å²) in [5.41, 5.74) is -0.584. The minimum absolute atomic E-state index is 0.595. The standard InChI is InChI=1S/C12H11Cl4NO2/c1-11(2,12(14,15)16)19-10(18)17-7-8-3-5-9(13)6-4-8/h3-7H,1-2H3/b17-7-. The summed E-state index contributed by atoms with van der Waals surface area (Å²) in [7, 11) is 0. The molecule has 0 saturated carbocycles. The highest BCUT2D eigenvalue weighted by atomic mass is 35.6. The molecule has 1 aromatic carbocycles. The lowest BCUT2D eigenvalue weighted by Gasteiger charge is -2.30. The molecule has 19 heavy (non-hydrogen) atoms. The Labute approximate surface area is 131 Å². The molecular formula is C12H11Cl4NO2. The molecule has 7 heteroatoms. The molecule has 0 aromatic heterocycles. The Morgan fingerprint density at radius 2 is 1.74 bits per heavy atom. The zero-order valence-corrected chi connectivity index (χ0v) is 13.2. The van der Waals surface area contributed by atoms with E-state index in [0.29, 0.717) is 10.6 Å². The van der Waals surface area contributed by atoms with Crippen molar-refractivity contribution < 1.29 is 9.53 Å². The highest BCUT2D eigenvalue weighted by molar-refractivity contribution is 6.68. The number of hydrogen-bond donors (Lipinski definition) is 0. The van der Waals surface area contributed by atoms with Crippen molar-refractivity contribution in [1.82, 2.24) is 0 Å². The molecule has 0 bridgehead atoms. The molecule has 0 heterocycles. The van der Waals surface area contributed by atoms with Crippen LogP contribution in [-0.2, 0) is 4.74 Å². The van der Waals surface area contributed by atoms with Crippen molar-refractivity contribution in [2.24, 2.45) is 4.99 Å². The van der Waals surface area contributed by atoms with E-state index in [1.165, 1.54) is 20.1 Å². The second kappa shape index (κ2) is 6.31. The van der Waals surface area contributed by atoms with Crippen molar-refractivity contribution in [2.75, 3.05) is 0 Å².